The first kappa shape index (κ1) is 18.3. The SMILES string of the molecule is O=C1OC2(C[C@@H](c3ccccc3)[C@@H]3CCCC[C@@]34Nc3ccccc3N24)c2ccccc21. The number of esters is 1. The molecule has 3 heterocycles. The van der Waals surface area contributed by atoms with Crippen molar-refractivity contribution in [2.75, 3.05) is 10.2 Å². The van der Waals surface area contributed by atoms with Crippen molar-refractivity contribution < 1.29 is 9.53 Å². The predicted octanol–water partition coefficient (Wildman–Crippen LogP) is 6.02. The molecule has 1 aliphatic carbocycles. The van der Waals surface area contributed by atoms with Gasteiger partial charge in [-0.2, -0.15) is 0 Å². The minimum Gasteiger partial charge on any atom is -0.431 e. The maximum absolute atomic E-state index is 13.2. The van der Waals surface area contributed by atoms with E-state index in [1.165, 1.54) is 24.8 Å². The lowest BCUT2D eigenvalue weighted by Gasteiger charge is -2.61. The van der Waals surface area contributed by atoms with Crippen molar-refractivity contribution in [3.8, 4) is 0 Å². The number of carbonyl (C=O) groups excluding carboxylic acids is 1. The van der Waals surface area contributed by atoms with E-state index in [2.05, 4.69) is 70.9 Å². The molecule has 1 saturated heterocycles. The molecule has 4 atom stereocenters. The van der Waals surface area contributed by atoms with Crippen LogP contribution in [0.2, 0.25) is 0 Å². The molecule has 160 valence electrons. The lowest BCUT2D eigenvalue weighted by Crippen LogP contribution is -2.69. The Morgan fingerprint density at radius 2 is 1.69 bits per heavy atom. The summed E-state index contributed by atoms with van der Waals surface area (Å²) in [5.41, 5.74) is 4.28. The molecule has 3 aromatic rings. The van der Waals surface area contributed by atoms with E-state index in [0.29, 0.717) is 17.4 Å². The van der Waals surface area contributed by atoms with Gasteiger partial charge in [-0.15, -0.1) is 0 Å². The van der Waals surface area contributed by atoms with Crippen LogP contribution in [0.1, 0.15) is 59.5 Å². The van der Waals surface area contributed by atoms with Crippen molar-refractivity contribution in [3.05, 3.63) is 95.6 Å². The quantitative estimate of drug-likeness (QED) is 0.487. The number of hydrogen-bond acceptors (Lipinski definition) is 4. The number of hydrogen-bond donors (Lipinski definition) is 1. The minimum atomic E-state index is -0.804. The average Bonchev–Trinajstić information content (AvgIpc) is 3.32. The Kier molecular flexibility index (Phi) is 3.65. The largest absolute Gasteiger partial charge is 0.431 e. The summed E-state index contributed by atoms with van der Waals surface area (Å²) in [6.45, 7) is 0. The van der Waals surface area contributed by atoms with E-state index in [9.17, 15) is 4.79 Å². The van der Waals surface area contributed by atoms with Crippen molar-refractivity contribution in [1.82, 2.24) is 0 Å². The summed E-state index contributed by atoms with van der Waals surface area (Å²) >= 11 is 0. The molecule has 2 spiro atoms. The van der Waals surface area contributed by atoms with Crippen LogP contribution in [0.15, 0.2) is 78.9 Å². The first-order chi connectivity index (χ1) is 15.7. The zero-order valence-electron chi connectivity index (χ0n) is 18.0. The summed E-state index contributed by atoms with van der Waals surface area (Å²) < 4.78 is 6.47. The third kappa shape index (κ3) is 2.20. The number of nitrogens with one attached hydrogen (secondary N) is 1. The summed E-state index contributed by atoms with van der Waals surface area (Å²) in [7, 11) is 0. The van der Waals surface area contributed by atoms with E-state index in [1.54, 1.807) is 0 Å². The standard InChI is InChI=1S/C28H26N2O2/c31-26-20-12-4-5-14-23(20)28(32-26)18-21(19-10-2-1-3-11-19)22-13-8-9-17-27(22)29-24-15-6-7-16-25(24)30(27)28/h1-7,10-12,14-16,21-22,29H,8-9,13,17-18H2/t21-,22-,27-,28?/m0/s1. The first-order valence-electron chi connectivity index (χ1n) is 11.8. The molecule has 1 N–H and O–H groups in total. The molecule has 4 nitrogen and oxygen atoms in total. The minimum absolute atomic E-state index is 0.207. The van der Waals surface area contributed by atoms with Crippen molar-refractivity contribution in [3.63, 3.8) is 0 Å². The highest BCUT2D eigenvalue weighted by Crippen LogP contribution is 2.65. The van der Waals surface area contributed by atoms with Crippen LogP contribution in [0.4, 0.5) is 11.4 Å². The highest BCUT2D eigenvalue weighted by atomic mass is 16.6. The second-order valence-electron chi connectivity index (χ2n) is 9.69. The highest BCUT2D eigenvalue weighted by molar-refractivity contribution is 5.96. The number of ether oxygens (including phenoxy) is 1. The third-order valence-electron chi connectivity index (χ3n) is 8.23. The van der Waals surface area contributed by atoms with Crippen molar-refractivity contribution in [2.24, 2.45) is 5.92 Å². The molecule has 1 saturated carbocycles. The summed E-state index contributed by atoms with van der Waals surface area (Å²) in [5, 5.41) is 3.98. The molecule has 32 heavy (non-hydrogen) atoms. The lowest BCUT2D eigenvalue weighted by atomic mass is 9.62. The number of piperidine rings is 1. The molecule has 2 fully saturated rings. The van der Waals surface area contributed by atoms with Crippen molar-refractivity contribution in [1.29, 1.82) is 0 Å². The lowest BCUT2D eigenvalue weighted by molar-refractivity contribution is -0.0663. The summed E-state index contributed by atoms with van der Waals surface area (Å²) in [5.74, 6) is 0.526. The van der Waals surface area contributed by atoms with Gasteiger partial charge in [0.1, 0.15) is 5.66 Å². The van der Waals surface area contributed by atoms with Crippen LogP contribution < -0.4 is 10.2 Å². The molecule has 0 radical (unpaired) electrons. The van der Waals surface area contributed by atoms with Gasteiger partial charge in [0.05, 0.1) is 16.9 Å². The molecular formula is C28H26N2O2. The van der Waals surface area contributed by atoms with Gasteiger partial charge in [0.15, 0.2) is 0 Å². The van der Waals surface area contributed by atoms with Gasteiger partial charge >= 0.3 is 5.97 Å². The zero-order chi connectivity index (χ0) is 21.3. The number of benzene rings is 3. The second-order valence-corrected chi connectivity index (χ2v) is 9.69. The molecule has 3 aromatic carbocycles. The second kappa shape index (κ2) is 6.38. The van der Waals surface area contributed by atoms with E-state index in [4.69, 9.17) is 4.74 Å². The normalized spacial score (nSPS) is 31.9. The van der Waals surface area contributed by atoms with Gasteiger partial charge in [-0.25, -0.2) is 4.79 Å². The van der Waals surface area contributed by atoms with Crippen LogP contribution in [0.5, 0.6) is 0 Å². The summed E-state index contributed by atoms with van der Waals surface area (Å²) in [6.07, 6.45) is 5.38. The fraction of sp³-hybridized carbons (Fsp3) is 0.321. The summed E-state index contributed by atoms with van der Waals surface area (Å²) in [4.78, 5) is 15.6. The van der Waals surface area contributed by atoms with E-state index in [1.807, 2.05) is 18.2 Å². The maximum Gasteiger partial charge on any atom is 0.341 e. The Balaban J connectivity index is 1.52. The van der Waals surface area contributed by atoms with Crippen LogP contribution in [-0.2, 0) is 10.5 Å². The van der Waals surface area contributed by atoms with Crippen LogP contribution in [-0.4, -0.2) is 11.6 Å². The van der Waals surface area contributed by atoms with Gasteiger partial charge in [0, 0.05) is 17.9 Å². The molecule has 3 aliphatic heterocycles. The van der Waals surface area contributed by atoms with E-state index >= 15 is 0 Å². The Bertz CT molecular complexity index is 1220. The van der Waals surface area contributed by atoms with Gasteiger partial charge in [-0.1, -0.05) is 67.1 Å². The smallest absolute Gasteiger partial charge is 0.341 e. The molecule has 0 bridgehead atoms. The Morgan fingerprint density at radius 3 is 2.59 bits per heavy atom. The van der Waals surface area contributed by atoms with E-state index < -0.39 is 5.72 Å². The molecule has 1 unspecified atom stereocenters. The Morgan fingerprint density at radius 1 is 0.906 bits per heavy atom. The molecule has 7 rings (SSSR count). The van der Waals surface area contributed by atoms with Gasteiger partial charge < -0.3 is 15.0 Å². The van der Waals surface area contributed by atoms with Crippen molar-refractivity contribution in [2.45, 2.75) is 49.4 Å². The predicted molar refractivity (Wildman–Crippen MR) is 125 cm³/mol. The average molecular weight is 423 g/mol. The number of anilines is 2. The number of carbonyl (C=O) groups is 1. The van der Waals surface area contributed by atoms with Crippen molar-refractivity contribution >= 4 is 17.3 Å². The van der Waals surface area contributed by atoms with Crippen LogP contribution >= 0.6 is 0 Å². The monoisotopic (exact) mass is 422 g/mol. The molecule has 4 heteroatoms. The Labute approximate surface area is 188 Å². The third-order valence-corrected chi connectivity index (χ3v) is 8.23. The van der Waals surface area contributed by atoms with Crippen LogP contribution in [0, 0.1) is 5.92 Å². The fourth-order valence-electron chi connectivity index (χ4n) is 7.11. The van der Waals surface area contributed by atoms with Gasteiger partial charge in [0.25, 0.3) is 0 Å². The number of fused-ring (bicyclic) bond motifs is 5. The van der Waals surface area contributed by atoms with Gasteiger partial charge in [0.2, 0.25) is 5.72 Å². The van der Waals surface area contributed by atoms with Crippen LogP contribution in [0.25, 0.3) is 0 Å². The van der Waals surface area contributed by atoms with Crippen LogP contribution in [0.3, 0.4) is 0 Å². The number of para-hydroxylation sites is 2. The number of nitrogens with zero attached hydrogens (tertiary/aromatic N) is 1. The molecule has 0 aromatic heterocycles. The van der Waals surface area contributed by atoms with E-state index in [-0.39, 0.29) is 11.6 Å². The highest BCUT2D eigenvalue weighted by Gasteiger charge is 2.67. The first-order valence-corrected chi connectivity index (χ1v) is 11.8. The zero-order valence-corrected chi connectivity index (χ0v) is 18.0. The Hall–Kier alpha value is -3.27. The van der Waals surface area contributed by atoms with E-state index in [0.717, 1.165) is 29.8 Å². The van der Waals surface area contributed by atoms with Gasteiger partial charge in [-0.3, -0.25) is 0 Å². The summed E-state index contributed by atoms with van der Waals surface area (Å²) in [6, 6.07) is 27.4. The number of rotatable bonds is 1. The fourth-order valence-corrected chi connectivity index (χ4v) is 7.11. The molecular weight excluding hydrogens is 396 g/mol. The maximum atomic E-state index is 13.2. The molecule has 0 amide bonds. The molecule has 4 aliphatic rings. The van der Waals surface area contributed by atoms with Gasteiger partial charge in [-0.05, 0) is 48.9 Å². The topological polar surface area (TPSA) is 41.6 Å².